The van der Waals surface area contributed by atoms with Crippen molar-refractivity contribution in [3.63, 3.8) is 0 Å². The Labute approximate surface area is 120 Å². The Morgan fingerprint density at radius 2 is 1.95 bits per heavy atom. The highest BCUT2D eigenvalue weighted by Crippen LogP contribution is 2.34. The zero-order valence-corrected chi connectivity index (χ0v) is 11.5. The molecule has 1 atom stereocenters. The quantitative estimate of drug-likeness (QED) is 0.685. The monoisotopic (exact) mass is 291 g/mol. The Bertz CT molecular complexity index is 685. The highest BCUT2D eigenvalue weighted by molar-refractivity contribution is 5.50. The Kier molecular flexibility index (Phi) is 4.18. The van der Waals surface area contributed by atoms with Gasteiger partial charge in [-0.25, -0.2) is 4.39 Å². The number of halogens is 1. The van der Waals surface area contributed by atoms with Crippen LogP contribution in [0.2, 0.25) is 0 Å². The van der Waals surface area contributed by atoms with Crippen molar-refractivity contribution >= 4 is 5.69 Å². The predicted octanol–water partition coefficient (Wildman–Crippen LogP) is 3.89. The standard InChI is InChI=1S/C15H14FNO4/c1-9-3-5-13(17(19)20)15(7-9)21-14-6-4-11(10(2)18)8-12(14)16/h3-8,10,18H,1-2H3/t10-/m1/s1. The maximum atomic E-state index is 13.9. The highest BCUT2D eigenvalue weighted by atomic mass is 19.1. The molecule has 0 bridgehead atoms. The summed E-state index contributed by atoms with van der Waals surface area (Å²) in [5.41, 5.74) is 0.926. The second-order valence-electron chi connectivity index (χ2n) is 4.70. The molecule has 0 radical (unpaired) electrons. The summed E-state index contributed by atoms with van der Waals surface area (Å²) in [6.07, 6.45) is -0.804. The van der Waals surface area contributed by atoms with Gasteiger partial charge in [0.1, 0.15) is 0 Å². The average molecular weight is 291 g/mol. The van der Waals surface area contributed by atoms with E-state index in [1.165, 1.54) is 31.2 Å². The fourth-order valence-electron chi connectivity index (χ4n) is 1.83. The van der Waals surface area contributed by atoms with Crippen LogP contribution >= 0.6 is 0 Å². The van der Waals surface area contributed by atoms with E-state index in [-0.39, 0.29) is 17.2 Å². The first-order valence-electron chi connectivity index (χ1n) is 6.29. The van der Waals surface area contributed by atoms with E-state index in [0.717, 1.165) is 11.6 Å². The molecule has 2 aromatic rings. The zero-order valence-electron chi connectivity index (χ0n) is 11.5. The molecule has 5 nitrogen and oxygen atoms in total. The molecule has 0 aliphatic rings. The number of aliphatic hydroxyl groups excluding tert-OH is 1. The number of benzene rings is 2. The SMILES string of the molecule is Cc1ccc([N+](=O)[O-])c(Oc2ccc([C@@H](C)O)cc2F)c1. The van der Waals surface area contributed by atoms with E-state index < -0.39 is 16.8 Å². The van der Waals surface area contributed by atoms with Gasteiger partial charge in [0, 0.05) is 6.07 Å². The summed E-state index contributed by atoms with van der Waals surface area (Å²) in [5, 5.41) is 20.3. The maximum absolute atomic E-state index is 13.9. The topological polar surface area (TPSA) is 72.6 Å². The van der Waals surface area contributed by atoms with Crippen molar-refractivity contribution in [2.45, 2.75) is 20.0 Å². The van der Waals surface area contributed by atoms with E-state index in [0.29, 0.717) is 5.56 Å². The third-order valence-electron chi connectivity index (χ3n) is 2.97. The molecule has 0 aliphatic carbocycles. The maximum Gasteiger partial charge on any atom is 0.311 e. The predicted molar refractivity (Wildman–Crippen MR) is 74.9 cm³/mol. The van der Waals surface area contributed by atoms with Gasteiger partial charge in [-0.2, -0.15) is 0 Å². The molecule has 0 saturated carbocycles. The van der Waals surface area contributed by atoms with Gasteiger partial charge in [-0.1, -0.05) is 12.1 Å². The fourth-order valence-corrected chi connectivity index (χ4v) is 1.83. The van der Waals surface area contributed by atoms with Gasteiger partial charge in [0.2, 0.25) is 5.75 Å². The summed E-state index contributed by atoms with van der Waals surface area (Å²) >= 11 is 0. The van der Waals surface area contributed by atoms with Gasteiger partial charge in [0.05, 0.1) is 11.0 Å². The molecular formula is C15H14FNO4. The highest BCUT2D eigenvalue weighted by Gasteiger charge is 2.17. The molecule has 0 fully saturated rings. The zero-order chi connectivity index (χ0) is 15.6. The van der Waals surface area contributed by atoms with Crippen LogP contribution in [0.4, 0.5) is 10.1 Å². The number of nitro groups is 1. The lowest BCUT2D eigenvalue weighted by Crippen LogP contribution is -1.97. The first-order chi connectivity index (χ1) is 9.88. The van der Waals surface area contributed by atoms with Gasteiger partial charge in [-0.3, -0.25) is 10.1 Å². The molecule has 0 unspecified atom stereocenters. The molecular weight excluding hydrogens is 277 g/mol. The first-order valence-corrected chi connectivity index (χ1v) is 6.29. The van der Waals surface area contributed by atoms with E-state index in [9.17, 15) is 19.6 Å². The molecule has 1 N–H and O–H groups in total. The molecule has 0 aliphatic heterocycles. The Morgan fingerprint density at radius 3 is 2.52 bits per heavy atom. The van der Waals surface area contributed by atoms with E-state index >= 15 is 0 Å². The van der Waals surface area contributed by atoms with Crippen LogP contribution in [0, 0.1) is 22.9 Å². The molecule has 2 aromatic carbocycles. The molecule has 0 spiro atoms. The van der Waals surface area contributed by atoms with Gasteiger partial charge >= 0.3 is 5.69 Å². The molecule has 21 heavy (non-hydrogen) atoms. The van der Waals surface area contributed by atoms with Gasteiger partial charge in [-0.05, 0) is 43.2 Å². The molecule has 0 amide bonds. The van der Waals surface area contributed by atoms with Crippen LogP contribution < -0.4 is 4.74 Å². The summed E-state index contributed by atoms with van der Waals surface area (Å²) in [5.74, 6) is -0.846. The second kappa shape index (κ2) is 5.88. The Balaban J connectivity index is 2.38. The number of aliphatic hydroxyl groups is 1. The van der Waals surface area contributed by atoms with Crippen LogP contribution in [0.1, 0.15) is 24.2 Å². The van der Waals surface area contributed by atoms with Crippen molar-refractivity contribution in [2.75, 3.05) is 0 Å². The number of hydrogen-bond acceptors (Lipinski definition) is 4. The van der Waals surface area contributed by atoms with Crippen molar-refractivity contribution in [3.05, 3.63) is 63.5 Å². The lowest BCUT2D eigenvalue weighted by atomic mass is 10.1. The number of hydrogen-bond donors (Lipinski definition) is 1. The molecule has 2 rings (SSSR count). The van der Waals surface area contributed by atoms with Crippen LogP contribution in [-0.2, 0) is 0 Å². The van der Waals surface area contributed by atoms with Crippen LogP contribution in [-0.4, -0.2) is 10.0 Å². The smallest absolute Gasteiger partial charge is 0.311 e. The first kappa shape index (κ1) is 14.9. The molecule has 0 saturated heterocycles. The van der Waals surface area contributed by atoms with Crippen molar-refractivity contribution in [3.8, 4) is 11.5 Å². The van der Waals surface area contributed by atoms with E-state index in [1.807, 2.05) is 0 Å². The van der Waals surface area contributed by atoms with E-state index in [1.54, 1.807) is 13.0 Å². The number of nitro benzene ring substituents is 1. The largest absolute Gasteiger partial charge is 0.447 e. The lowest BCUT2D eigenvalue weighted by molar-refractivity contribution is -0.385. The number of aryl methyl sites for hydroxylation is 1. The third-order valence-corrected chi connectivity index (χ3v) is 2.97. The Hall–Kier alpha value is -2.47. The summed E-state index contributed by atoms with van der Waals surface area (Å²) in [4.78, 5) is 10.4. The molecule has 0 aromatic heterocycles. The molecule has 6 heteroatoms. The summed E-state index contributed by atoms with van der Waals surface area (Å²) in [6, 6.07) is 8.35. The average Bonchev–Trinajstić information content (AvgIpc) is 2.40. The minimum Gasteiger partial charge on any atom is -0.447 e. The normalized spacial score (nSPS) is 12.0. The summed E-state index contributed by atoms with van der Waals surface area (Å²) in [7, 11) is 0. The van der Waals surface area contributed by atoms with Gasteiger partial charge < -0.3 is 9.84 Å². The fraction of sp³-hybridized carbons (Fsp3) is 0.200. The van der Waals surface area contributed by atoms with Gasteiger partial charge in [-0.15, -0.1) is 0 Å². The van der Waals surface area contributed by atoms with Crippen molar-refractivity contribution < 1.29 is 19.2 Å². The number of rotatable bonds is 4. The van der Waals surface area contributed by atoms with Crippen molar-refractivity contribution in [2.24, 2.45) is 0 Å². The van der Waals surface area contributed by atoms with Crippen molar-refractivity contribution in [1.29, 1.82) is 0 Å². The van der Waals surface area contributed by atoms with Crippen molar-refractivity contribution in [1.82, 2.24) is 0 Å². The summed E-state index contributed by atoms with van der Waals surface area (Å²) < 4.78 is 19.2. The minimum atomic E-state index is -0.804. The molecule has 0 heterocycles. The minimum absolute atomic E-state index is 0.0244. The van der Waals surface area contributed by atoms with Gasteiger partial charge in [0.25, 0.3) is 0 Å². The van der Waals surface area contributed by atoms with Crippen LogP contribution in [0.15, 0.2) is 36.4 Å². The number of ether oxygens (including phenoxy) is 1. The van der Waals surface area contributed by atoms with Crippen LogP contribution in [0.5, 0.6) is 11.5 Å². The lowest BCUT2D eigenvalue weighted by Gasteiger charge is -2.10. The summed E-state index contributed by atoms with van der Waals surface area (Å²) in [6.45, 7) is 3.27. The second-order valence-corrected chi connectivity index (χ2v) is 4.70. The van der Waals surface area contributed by atoms with Crippen LogP contribution in [0.3, 0.4) is 0 Å². The van der Waals surface area contributed by atoms with Crippen LogP contribution in [0.25, 0.3) is 0 Å². The van der Waals surface area contributed by atoms with Gasteiger partial charge in [0.15, 0.2) is 11.6 Å². The molecule has 110 valence electrons. The number of nitrogens with zero attached hydrogens (tertiary/aromatic N) is 1. The Morgan fingerprint density at radius 1 is 1.24 bits per heavy atom. The van der Waals surface area contributed by atoms with E-state index in [2.05, 4.69) is 0 Å². The third kappa shape index (κ3) is 3.35. The van der Waals surface area contributed by atoms with E-state index in [4.69, 9.17) is 4.74 Å².